The molecule has 9 aromatic heterocycles. The van der Waals surface area contributed by atoms with Gasteiger partial charge in [-0.1, -0.05) is 66.2 Å². The van der Waals surface area contributed by atoms with E-state index in [4.69, 9.17) is 40.6 Å². The second-order valence-electron chi connectivity index (χ2n) is 24.9. The van der Waals surface area contributed by atoms with Crippen LogP contribution in [0, 0.1) is 56.3 Å². The molecule has 0 saturated heterocycles. The van der Waals surface area contributed by atoms with Crippen LogP contribution < -0.4 is 49.8 Å². The van der Waals surface area contributed by atoms with Gasteiger partial charge in [0.15, 0.2) is 5.82 Å². The number of aryl methyl sites for hydroxylation is 3. The van der Waals surface area contributed by atoms with Crippen molar-refractivity contribution in [2.24, 2.45) is 0 Å². The van der Waals surface area contributed by atoms with Crippen molar-refractivity contribution in [1.82, 2.24) is 69.1 Å². The van der Waals surface area contributed by atoms with Crippen molar-refractivity contribution < 1.29 is 13.5 Å². The largest absolute Gasteiger partial charge is 0.421 e. The van der Waals surface area contributed by atoms with E-state index < -0.39 is 0 Å². The maximum atomic E-state index is 13.7. The van der Waals surface area contributed by atoms with Crippen LogP contribution in [-0.4, -0.2) is 69.1 Å². The molecule has 0 spiro atoms. The Labute approximate surface area is 580 Å². The molecule has 12 aromatic rings. The van der Waals surface area contributed by atoms with Gasteiger partial charge in [-0.15, -0.1) is 28.0 Å². The van der Waals surface area contributed by atoms with Gasteiger partial charge < -0.3 is 51.2 Å². The third-order valence-corrected chi connectivity index (χ3v) is 17.6. The van der Waals surface area contributed by atoms with Crippen LogP contribution in [0.5, 0.6) is 0 Å². The Hall–Kier alpha value is -12.5. The summed E-state index contributed by atoms with van der Waals surface area (Å²) in [5.41, 5.74) is 26.0. The molecule has 3 aliphatic rings. The summed E-state index contributed by atoms with van der Waals surface area (Å²) in [7, 11) is 0. The lowest BCUT2D eigenvalue weighted by Gasteiger charge is -2.23. The van der Waals surface area contributed by atoms with E-state index in [9.17, 15) is 14.4 Å². The van der Waals surface area contributed by atoms with Crippen molar-refractivity contribution in [3.8, 4) is 69.8 Å². The Morgan fingerprint density at radius 3 is 1.44 bits per heavy atom. The first kappa shape index (κ1) is 67.1. The molecule has 26 nitrogen and oxygen atoms in total. The number of rotatable bonds is 17. The van der Waals surface area contributed by atoms with Gasteiger partial charge in [-0.3, -0.25) is 23.5 Å². The zero-order chi connectivity index (χ0) is 70.8. The molecule has 3 saturated carbocycles. The molecule has 0 aliphatic heterocycles. The molecule has 0 bridgehead atoms. The highest BCUT2D eigenvalue weighted by Crippen LogP contribution is 2.42. The van der Waals surface area contributed by atoms with Crippen LogP contribution in [0.2, 0.25) is 0 Å². The summed E-state index contributed by atoms with van der Waals surface area (Å²) >= 11 is 0. The number of aromatic nitrogens is 14. The fraction of sp³-hybridized carbons (Fsp3) is 0.307. The maximum Gasteiger partial charge on any atom is 0.263 e. The summed E-state index contributed by atoms with van der Waals surface area (Å²) in [4.78, 5) is 73.1. The standard InChI is InChI=1S/2C25H25N7O2.C25H24N6O2/c1-4-7-15-8-6-9-19-20(15)25(33)32(16-10-11-16)23(29-19)18(5-2)28-22-21(17(26)12-13-27-22)24-31-30-14(3)34-24;1-4-7-15-8-6-9-19-20(15)25(33)32(16-10-11-16)23(30-19)18(5-2)29-22-21(17(26)12-13-27-22)24-28-14(3)31-34-24;1-4-6-16-7-5-8-17-13-20(31(18-9-10-18)25(32)21(16)17)14(2)28-23-22(19(26)11-12-27-23)24-29-15(3)33-30-24/h6,8-9,12-13,16,18H,5,10-11H2,1-3H3,(H3,26,27,28);6,8-9,12-13,16,18H,5,10-11H2,1-3H3,(H3,26,27,29);5,7-8,11-14,18H,9-10H2,1-3H3,(H3,26,27,28)/t2*18-;14-/m000/s1. The highest BCUT2D eigenvalue weighted by molar-refractivity contribution is 5.89. The van der Waals surface area contributed by atoms with Gasteiger partial charge in [0.05, 0.1) is 50.9 Å². The number of fused-ring (bicyclic) bond motifs is 3. The zero-order valence-electron chi connectivity index (χ0n) is 57.3. The lowest BCUT2D eigenvalue weighted by molar-refractivity contribution is 0.394. The Balaban J connectivity index is 0.000000135. The van der Waals surface area contributed by atoms with Gasteiger partial charge >= 0.3 is 0 Å². The van der Waals surface area contributed by atoms with Crippen LogP contribution in [0.4, 0.5) is 34.5 Å². The van der Waals surface area contributed by atoms with E-state index in [2.05, 4.69) is 103 Å². The average Bonchev–Trinajstić information content (AvgIpc) is 1.62. The number of benzene rings is 3. The molecule has 9 heterocycles. The number of nitrogens with zero attached hydrogens (tertiary/aromatic N) is 14. The Morgan fingerprint density at radius 1 is 0.525 bits per heavy atom. The summed E-state index contributed by atoms with van der Waals surface area (Å²) in [5, 5.41) is 28.9. The van der Waals surface area contributed by atoms with Crippen LogP contribution in [0.15, 0.2) is 125 Å². The van der Waals surface area contributed by atoms with E-state index in [1.807, 2.05) is 89.1 Å². The smallest absolute Gasteiger partial charge is 0.263 e. The van der Waals surface area contributed by atoms with Gasteiger partial charge in [0.25, 0.3) is 28.5 Å². The molecule has 3 aromatic carbocycles. The molecule has 3 fully saturated rings. The van der Waals surface area contributed by atoms with Crippen molar-refractivity contribution in [2.75, 3.05) is 33.2 Å². The Morgan fingerprint density at radius 2 is 0.990 bits per heavy atom. The Kier molecular flexibility index (Phi) is 18.9. The molecule has 9 N–H and O–H groups in total. The predicted octanol–water partition coefficient (Wildman–Crippen LogP) is 12.2. The second kappa shape index (κ2) is 28.5. The first-order chi connectivity index (χ1) is 49.0. The third kappa shape index (κ3) is 13.6. The average molecular weight is 1350 g/mol. The number of hydrogen-bond donors (Lipinski definition) is 6. The van der Waals surface area contributed by atoms with Gasteiger partial charge in [-0.2, -0.15) is 9.97 Å². The summed E-state index contributed by atoms with van der Waals surface area (Å²) in [6.45, 7) is 16.6. The minimum Gasteiger partial charge on any atom is -0.421 e. The number of pyridine rings is 4. The van der Waals surface area contributed by atoms with Crippen molar-refractivity contribution in [2.45, 2.75) is 150 Å². The minimum absolute atomic E-state index is 0.00782. The number of hydrogen-bond acceptors (Lipinski definition) is 23. The van der Waals surface area contributed by atoms with Crippen LogP contribution in [0.1, 0.15) is 181 Å². The SMILES string of the molecule is CC#Cc1cccc2cc([C@H](C)Nc3nccc(N)c3-c3noc(C)n3)n(C3CC3)c(=O)c12.CC#Cc1cccc2nc([C@H](CC)Nc3nccc(N)c3-c3nc(C)no3)n(C3CC3)c(=O)c12.CC#Cc1cccc2nc([C@H](CC)Nc3nccc(N)c3-c3nnc(C)o3)n(C3CC3)c(=O)c12. The zero-order valence-corrected chi connectivity index (χ0v) is 57.3. The summed E-state index contributed by atoms with van der Waals surface area (Å²) < 4.78 is 21.7. The lowest BCUT2D eigenvalue weighted by Crippen LogP contribution is -2.29. The van der Waals surface area contributed by atoms with Crippen molar-refractivity contribution >= 4 is 67.1 Å². The molecule has 101 heavy (non-hydrogen) atoms. The van der Waals surface area contributed by atoms with Crippen LogP contribution in [-0.2, 0) is 0 Å². The summed E-state index contributed by atoms with van der Waals surface area (Å²) in [6, 6.07) is 23.8. The molecule has 0 amide bonds. The van der Waals surface area contributed by atoms with E-state index in [1.165, 1.54) is 0 Å². The monoisotopic (exact) mass is 1350 g/mol. The molecular formula is C75H74N20O6. The minimum atomic E-state index is -0.296. The second-order valence-corrected chi connectivity index (χ2v) is 24.9. The topological polar surface area (TPSA) is 361 Å². The molecule has 0 radical (unpaired) electrons. The van der Waals surface area contributed by atoms with Crippen LogP contribution >= 0.6 is 0 Å². The number of nitrogens with one attached hydrogen (secondary N) is 3. The third-order valence-electron chi connectivity index (χ3n) is 17.6. The quantitative estimate of drug-likeness (QED) is 0.0461. The number of nitrogens with two attached hydrogens (primary N) is 3. The van der Waals surface area contributed by atoms with Gasteiger partial charge in [0, 0.05) is 90.0 Å². The molecule has 26 heteroatoms. The van der Waals surface area contributed by atoms with Crippen molar-refractivity contribution in [1.29, 1.82) is 0 Å². The number of anilines is 6. The first-order valence-electron chi connectivity index (χ1n) is 33.5. The lowest BCUT2D eigenvalue weighted by atomic mass is 10.0. The molecule has 3 aliphatic carbocycles. The van der Waals surface area contributed by atoms with Gasteiger partial charge in [-0.25, -0.2) is 24.9 Å². The van der Waals surface area contributed by atoms with Crippen LogP contribution in [0.25, 0.3) is 66.9 Å². The summed E-state index contributed by atoms with van der Waals surface area (Å²) in [6.07, 6.45) is 11.9. The van der Waals surface area contributed by atoms with Gasteiger partial charge in [-0.05, 0) is 146 Å². The van der Waals surface area contributed by atoms with E-state index in [0.717, 1.165) is 55.2 Å². The van der Waals surface area contributed by atoms with Crippen LogP contribution in [0.3, 0.4) is 0 Å². The maximum absolute atomic E-state index is 13.7. The fourth-order valence-electron chi connectivity index (χ4n) is 12.5. The molecule has 15 rings (SSSR count). The van der Waals surface area contributed by atoms with Crippen molar-refractivity contribution in [3.05, 3.63) is 180 Å². The van der Waals surface area contributed by atoms with E-state index in [0.29, 0.717) is 137 Å². The normalized spacial score (nSPS) is 14.0. The Bertz CT molecular complexity index is 5350. The molecule has 510 valence electrons. The fourth-order valence-corrected chi connectivity index (χ4v) is 12.5. The highest BCUT2D eigenvalue weighted by Gasteiger charge is 2.35. The van der Waals surface area contributed by atoms with Gasteiger partial charge in [0.1, 0.15) is 40.2 Å². The predicted molar refractivity (Wildman–Crippen MR) is 388 cm³/mol. The van der Waals surface area contributed by atoms with E-state index >= 15 is 0 Å². The van der Waals surface area contributed by atoms with Crippen molar-refractivity contribution in [3.63, 3.8) is 0 Å². The van der Waals surface area contributed by atoms with Gasteiger partial charge in [0.2, 0.25) is 17.6 Å². The summed E-state index contributed by atoms with van der Waals surface area (Å²) in [5.74, 6) is 23.1. The molecule has 0 unspecified atom stereocenters. The molecular weight excluding hydrogens is 1280 g/mol. The van der Waals surface area contributed by atoms with E-state index in [1.54, 1.807) is 78.3 Å². The number of nitrogen functional groups attached to an aromatic ring is 3. The van der Waals surface area contributed by atoms with E-state index in [-0.39, 0.29) is 64.7 Å². The highest BCUT2D eigenvalue weighted by atomic mass is 16.5. The first-order valence-corrected chi connectivity index (χ1v) is 33.5. The molecule has 3 atom stereocenters.